The third-order valence-corrected chi connectivity index (χ3v) is 4.89. The Morgan fingerprint density at radius 3 is 2.56 bits per heavy atom. The van der Waals surface area contributed by atoms with E-state index in [1.807, 2.05) is 25.1 Å². The van der Waals surface area contributed by atoms with Crippen LogP contribution in [0.5, 0.6) is 0 Å². The summed E-state index contributed by atoms with van der Waals surface area (Å²) in [5.74, 6) is 0.0591. The molecule has 136 valence electrons. The number of amides is 1. The summed E-state index contributed by atoms with van der Waals surface area (Å²) in [5, 5.41) is 6.37. The first-order valence-electron chi connectivity index (χ1n) is 9.33. The molecule has 5 nitrogen and oxygen atoms in total. The molecule has 0 bridgehead atoms. The number of aryl methyl sites for hydroxylation is 1. The summed E-state index contributed by atoms with van der Waals surface area (Å²) in [4.78, 5) is 21.4. The zero-order valence-corrected chi connectivity index (χ0v) is 15.6. The zero-order chi connectivity index (χ0) is 18.8. The van der Waals surface area contributed by atoms with Gasteiger partial charge in [0.25, 0.3) is 0 Å². The number of carbonyl (C=O) groups excluding carboxylic acids is 1. The molecule has 0 fully saturated rings. The van der Waals surface area contributed by atoms with Gasteiger partial charge in [-0.15, -0.1) is 0 Å². The molecule has 2 heterocycles. The molecule has 0 N–H and O–H groups in total. The first-order valence-corrected chi connectivity index (χ1v) is 9.33. The van der Waals surface area contributed by atoms with Crippen LogP contribution in [0.4, 0.5) is 0 Å². The number of aromatic nitrogens is 2. The second kappa shape index (κ2) is 7.27. The molecule has 2 aromatic carbocycles. The molecule has 0 radical (unpaired) electrons. The minimum atomic E-state index is -0.105. The predicted molar refractivity (Wildman–Crippen MR) is 106 cm³/mol. The van der Waals surface area contributed by atoms with Crippen LogP contribution in [0.1, 0.15) is 48.9 Å². The summed E-state index contributed by atoms with van der Waals surface area (Å²) >= 11 is 0. The SMILES string of the molecule is CCCC(=O)N1N=C(c2ccc(C)cc2)C[C@H]1c1ccc2nccnc2c1. The van der Waals surface area contributed by atoms with Crippen molar-refractivity contribution in [2.45, 2.75) is 39.2 Å². The van der Waals surface area contributed by atoms with Crippen LogP contribution in [0.2, 0.25) is 0 Å². The summed E-state index contributed by atoms with van der Waals surface area (Å²) in [7, 11) is 0. The molecule has 27 heavy (non-hydrogen) atoms. The van der Waals surface area contributed by atoms with Gasteiger partial charge in [0.05, 0.1) is 22.8 Å². The van der Waals surface area contributed by atoms with E-state index in [9.17, 15) is 4.79 Å². The third kappa shape index (κ3) is 3.45. The van der Waals surface area contributed by atoms with Crippen LogP contribution in [-0.4, -0.2) is 26.6 Å². The molecule has 0 saturated heterocycles. The van der Waals surface area contributed by atoms with Crippen LogP contribution in [0, 0.1) is 6.92 Å². The van der Waals surface area contributed by atoms with Crippen molar-refractivity contribution in [3.05, 3.63) is 71.5 Å². The molecule has 1 atom stereocenters. The molecular weight excluding hydrogens is 336 g/mol. The Balaban J connectivity index is 1.71. The normalized spacial score (nSPS) is 16.6. The maximum atomic E-state index is 12.7. The third-order valence-electron chi connectivity index (χ3n) is 4.89. The highest BCUT2D eigenvalue weighted by atomic mass is 16.2. The Morgan fingerprint density at radius 2 is 1.81 bits per heavy atom. The number of carbonyl (C=O) groups is 1. The van der Waals surface area contributed by atoms with Crippen LogP contribution in [-0.2, 0) is 4.79 Å². The molecule has 3 aromatic rings. The summed E-state index contributed by atoms with van der Waals surface area (Å²) in [6.07, 6.45) is 5.38. The summed E-state index contributed by atoms with van der Waals surface area (Å²) in [6, 6.07) is 14.2. The molecular formula is C22H22N4O. The van der Waals surface area contributed by atoms with Crippen LogP contribution in [0.25, 0.3) is 11.0 Å². The highest BCUT2D eigenvalue weighted by Gasteiger charge is 2.32. The van der Waals surface area contributed by atoms with Gasteiger partial charge in [-0.1, -0.05) is 42.8 Å². The Kier molecular flexibility index (Phi) is 4.67. The second-order valence-corrected chi connectivity index (χ2v) is 6.93. The highest BCUT2D eigenvalue weighted by Crippen LogP contribution is 2.34. The Bertz CT molecular complexity index is 1010. The van der Waals surface area contributed by atoms with Gasteiger partial charge in [0.1, 0.15) is 0 Å². The number of rotatable bonds is 4. The monoisotopic (exact) mass is 358 g/mol. The number of benzene rings is 2. The summed E-state index contributed by atoms with van der Waals surface area (Å²) in [5.41, 5.74) is 5.95. The smallest absolute Gasteiger partial charge is 0.243 e. The summed E-state index contributed by atoms with van der Waals surface area (Å²) in [6.45, 7) is 4.08. The lowest BCUT2D eigenvalue weighted by Crippen LogP contribution is -2.26. The number of hydrogen-bond donors (Lipinski definition) is 0. The zero-order valence-electron chi connectivity index (χ0n) is 15.6. The molecule has 0 unspecified atom stereocenters. The number of hydrazone groups is 1. The van der Waals surface area contributed by atoms with Crippen LogP contribution in [0.15, 0.2) is 60.0 Å². The van der Waals surface area contributed by atoms with E-state index < -0.39 is 0 Å². The number of fused-ring (bicyclic) bond motifs is 1. The average Bonchev–Trinajstić information content (AvgIpc) is 3.14. The van der Waals surface area contributed by atoms with Crippen molar-refractivity contribution in [3.63, 3.8) is 0 Å². The van der Waals surface area contributed by atoms with Gasteiger partial charge < -0.3 is 0 Å². The maximum Gasteiger partial charge on any atom is 0.243 e. The lowest BCUT2D eigenvalue weighted by Gasteiger charge is -2.22. The van der Waals surface area contributed by atoms with Crippen LogP contribution >= 0.6 is 0 Å². The lowest BCUT2D eigenvalue weighted by atomic mass is 9.97. The van der Waals surface area contributed by atoms with Crippen molar-refractivity contribution in [1.82, 2.24) is 15.0 Å². The van der Waals surface area contributed by atoms with Gasteiger partial charge in [0, 0.05) is 25.2 Å². The minimum absolute atomic E-state index is 0.0591. The molecule has 1 aliphatic heterocycles. The lowest BCUT2D eigenvalue weighted by molar-refractivity contribution is -0.133. The van der Waals surface area contributed by atoms with Crippen LogP contribution < -0.4 is 0 Å². The van der Waals surface area contributed by atoms with Crippen molar-refractivity contribution in [3.8, 4) is 0 Å². The van der Waals surface area contributed by atoms with E-state index in [1.165, 1.54) is 5.56 Å². The largest absolute Gasteiger partial charge is 0.273 e. The fraction of sp³-hybridized carbons (Fsp3) is 0.273. The molecule has 0 spiro atoms. The Hall–Kier alpha value is -3.08. The van der Waals surface area contributed by atoms with Crippen molar-refractivity contribution in [2.75, 3.05) is 0 Å². The van der Waals surface area contributed by atoms with Gasteiger partial charge in [-0.3, -0.25) is 14.8 Å². The molecule has 1 amide bonds. The van der Waals surface area contributed by atoms with Crippen molar-refractivity contribution in [2.24, 2.45) is 5.10 Å². The quantitative estimate of drug-likeness (QED) is 0.694. The van der Waals surface area contributed by atoms with Gasteiger partial charge in [0.15, 0.2) is 0 Å². The van der Waals surface area contributed by atoms with Gasteiger partial charge >= 0.3 is 0 Å². The standard InChI is InChI=1S/C22H22N4O/c1-3-4-22(27)26-21(14-19(25-26)16-7-5-15(2)6-8-16)17-9-10-18-20(13-17)24-12-11-23-18/h5-13,21H,3-4,14H2,1-2H3/t21-/m0/s1. The van der Waals surface area contributed by atoms with E-state index in [-0.39, 0.29) is 11.9 Å². The topological polar surface area (TPSA) is 58.5 Å². The second-order valence-electron chi connectivity index (χ2n) is 6.93. The molecule has 5 heteroatoms. The van der Waals surface area contributed by atoms with Crippen LogP contribution in [0.3, 0.4) is 0 Å². The van der Waals surface area contributed by atoms with Gasteiger partial charge in [-0.2, -0.15) is 5.10 Å². The van der Waals surface area contributed by atoms with Gasteiger partial charge in [-0.05, 0) is 36.6 Å². The molecule has 4 rings (SSSR count). The fourth-order valence-corrected chi connectivity index (χ4v) is 3.44. The van der Waals surface area contributed by atoms with Crippen molar-refractivity contribution < 1.29 is 4.79 Å². The van der Waals surface area contributed by atoms with Crippen molar-refractivity contribution in [1.29, 1.82) is 0 Å². The van der Waals surface area contributed by atoms with Crippen molar-refractivity contribution >= 4 is 22.7 Å². The van der Waals surface area contributed by atoms with E-state index in [0.717, 1.165) is 34.3 Å². The highest BCUT2D eigenvalue weighted by molar-refractivity contribution is 6.03. The van der Waals surface area contributed by atoms with Gasteiger partial charge in [0.2, 0.25) is 5.91 Å². The molecule has 1 aromatic heterocycles. The van der Waals surface area contributed by atoms with E-state index in [1.54, 1.807) is 17.4 Å². The molecule has 0 aliphatic carbocycles. The average molecular weight is 358 g/mol. The van der Waals surface area contributed by atoms with E-state index in [0.29, 0.717) is 12.8 Å². The van der Waals surface area contributed by atoms with E-state index in [4.69, 9.17) is 5.10 Å². The molecule has 1 aliphatic rings. The predicted octanol–water partition coefficient (Wildman–Crippen LogP) is 4.42. The Labute approximate surface area is 158 Å². The fourth-order valence-electron chi connectivity index (χ4n) is 3.44. The van der Waals surface area contributed by atoms with E-state index >= 15 is 0 Å². The number of nitrogens with zero attached hydrogens (tertiary/aromatic N) is 4. The molecule has 0 saturated carbocycles. The minimum Gasteiger partial charge on any atom is -0.273 e. The maximum absolute atomic E-state index is 12.7. The Morgan fingerprint density at radius 1 is 1.07 bits per heavy atom. The number of hydrogen-bond acceptors (Lipinski definition) is 4. The van der Waals surface area contributed by atoms with E-state index in [2.05, 4.69) is 41.2 Å². The first kappa shape index (κ1) is 17.3. The first-order chi connectivity index (χ1) is 13.2. The van der Waals surface area contributed by atoms with Gasteiger partial charge in [-0.25, -0.2) is 5.01 Å². The summed E-state index contributed by atoms with van der Waals surface area (Å²) < 4.78 is 0.